The SMILES string of the molecule is O=C(CCOc1cc([N+](=O)[O-])ccc1Cl)c1ccccc1. The molecule has 0 amide bonds. The van der Waals surface area contributed by atoms with E-state index in [9.17, 15) is 14.9 Å². The number of carbonyl (C=O) groups excluding carboxylic acids is 1. The second-order valence-corrected chi connectivity index (χ2v) is 4.67. The summed E-state index contributed by atoms with van der Waals surface area (Å²) < 4.78 is 5.36. The van der Waals surface area contributed by atoms with Crippen LogP contribution in [0.25, 0.3) is 0 Å². The van der Waals surface area contributed by atoms with Gasteiger partial charge in [-0.25, -0.2) is 0 Å². The van der Waals surface area contributed by atoms with Crippen molar-refractivity contribution in [2.75, 3.05) is 6.61 Å². The minimum Gasteiger partial charge on any atom is -0.491 e. The number of benzene rings is 2. The van der Waals surface area contributed by atoms with Gasteiger partial charge in [-0.1, -0.05) is 41.9 Å². The number of ether oxygens (including phenoxy) is 1. The van der Waals surface area contributed by atoms with Gasteiger partial charge < -0.3 is 4.74 Å². The minimum absolute atomic E-state index is 0.0582. The molecule has 0 aliphatic carbocycles. The Labute approximate surface area is 126 Å². The third-order valence-corrected chi connectivity index (χ3v) is 3.12. The standard InChI is InChI=1S/C15H12ClNO4/c16-13-7-6-12(17(19)20)10-15(13)21-9-8-14(18)11-4-2-1-3-5-11/h1-7,10H,8-9H2. The number of nitrogens with zero attached hydrogens (tertiary/aromatic N) is 1. The fourth-order valence-electron chi connectivity index (χ4n) is 1.74. The number of halogens is 1. The molecular weight excluding hydrogens is 294 g/mol. The molecule has 0 fully saturated rings. The zero-order valence-corrected chi connectivity index (χ0v) is 11.7. The summed E-state index contributed by atoms with van der Waals surface area (Å²) in [7, 11) is 0. The molecule has 0 aromatic heterocycles. The van der Waals surface area contributed by atoms with E-state index < -0.39 is 4.92 Å². The normalized spacial score (nSPS) is 10.1. The van der Waals surface area contributed by atoms with Gasteiger partial charge in [0.2, 0.25) is 0 Å². The molecule has 5 nitrogen and oxygen atoms in total. The van der Waals surface area contributed by atoms with E-state index in [1.54, 1.807) is 24.3 Å². The molecule has 0 radical (unpaired) electrons. The molecule has 0 heterocycles. The summed E-state index contributed by atoms with van der Waals surface area (Å²) in [4.78, 5) is 22.0. The van der Waals surface area contributed by atoms with E-state index in [2.05, 4.69) is 0 Å². The Kier molecular flexibility index (Phi) is 4.90. The Morgan fingerprint density at radius 1 is 1.19 bits per heavy atom. The van der Waals surface area contributed by atoms with Gasteiger partial charge in [0, 0.05) is 18.1 Å². The van der Waals surface area contributed by atoms with E-state index in [0.29, 0.717) is 5.56 Å². The van der Waals surface area contributed by atoms with E-state index in [1.807, 2.05) is 6.07 Å². The fraction of sp³-hybridized carbons (Fsp3) is 0.133. The molecule has 0 saturated heterocycles. The number of ketones is 1. The molecule has 0 aliphatic heterocycles. The van der Waals surface area contributed by atoms with Crippen LogP contribution in [0, 0.1) is 10.1 Å². The van der Waals surface area contributed by atoms with E-state index in [1.165, 1.54) is 18.2 Å². The lowest BCUT2D eigenvalue weighted by Crippen LogP contribution is -2.07. The lowest BCUT2D eigenvalue weighted by Gasteiger charge is -2.07. The second-order valence-electron chi connectivity index (χ2n) is 4.26. The number of hydrogen-bond donors (Lipinski definition) is 0. The summed E-state index contributed by atoms with van der Waals surface area (Å²) in [6, 6.07) is 12.8. The molecule has 2 rings (SSSR count). The lowest BCUT2D eigenvalue weighted by atomic mass is 10.1. The summed E-state index contributed by atoms with van der Waals surface area (Å²) in [5.74, 6) is 0.142. The second kappa shape index (κ2) is 6.85. The van der Waals surface area contributed by atoms with E-state index >= 15 is 0 Å². The highest BCUT2D eigenvalue weighted by atomic mass is 35.5. The lowest BCUT2D eigenvalue weighted by molar-refractivity contribution is -0.384. The van der Waals surface area contributed by atoms with Crippen molar-refractivity contribution in [1.29, 1.82) is 0 Å². The monoisotopic (exact) mass is 305 g/mol. The van der Waals surface area contributed by atoms with Gasteiger partial charge in [-0.3, -0.25) is 14.9 Å². The van der Waals surface area contributed by atoms with Crippen molar-refractivity contribution < 1.29 is 14.5 Å². The highest BCUT2D eigenvalue weighted by molar-refractivity contribution is 6.32. The predicted molar refractivity (Wildman–Crippen MR) is 79.0 cm³/mol. The molecule has 0 unspecified atom stereocenters. The first-order valence-corrected chi connectivity index (χ1v) is 6.60. The Bertz CT molecular complexity index is 658. The number of carbonyl (C=O) groups is 1. The number of rotatable bonds is 6. The Balaban J connectivity index is 1.96. The number of non-ortho nitro benzene ring substituents is 1. The maximum Gasteiger partial charge on any atom is 0.273 e. The average molecular weight is 306 g/mol. The number of nitro benzene ring substituents is 1. The van der Waals surface area contributed by atoms with Crippen LogP contribution < -0.4 is 4.74 Å². The largest absolute Gasteiger partial charge is 0.491 e. The third-order valence-electron chi connectivity index (χ3n) is 2.81. The van der Waals surface area contributed by atoms with Crippen molar-refractivity contribution in [2.45, 2.75) is 6.42 Å². The van der Waals surface area contributed by atoms with E-state index in [4.69, 9.17) is 16.3 Å². The Morgan fingerprint density at radius 2 is 1.90 bits per heavy atom. The summed E-state index contributed by atoms with van der Waals surface area (Å²) in [6.07, 6.45) is 0.170. The highest BCUT2D eigenvalue weighted by Crippen LogP contribution is 2.28. The molecule has 108 valence electrons. The molecule has 0 atom stereocenters. The van der Waals surface area contributed by atoms with Crippen molar-refractivity contribution >= 4 is 23.1 Å². The quantitative estimate of drug-likeness (QED) is 0.461. The van der Waals surface area contributed by atoms with Crippen LogP contribution in [0.5, 0.6) is 5.75 Å². The molecule has 0 bridgehead atoms. The van der Waals surface area contributed by atoms with Crippen LogP contribution in [0.2, 0.25) is 5.02 Å². The third kappa shape index (κ3) is 4.03. The zero-order valence-electron chi connectivity index (χ0n) is 11.0. The Hall–Kier alpha value is -2.40. The predicted octanol–water partition coefficient (Wildman–Crippen LogP) is 3.90. The summed E-state index contributed by atoms with van der Waals surface area (Å²) >= 11 is 5.90. The van der Waals surface area contributed by atoms with Gasteiger partial charge in [-0.2, -0.15) is 0 Å². The van der Waals surface area contributed by atoms with Gasteiger partial charge in [0.25, 0.3) is 5.69 Å². The van der Waals surface area contributed by atoms with Crippen molar-refractivity contribution in [1.82, 2.24) is 0 Å². The van der Waals surface area contributed by atoms with Crippen molar-refractivity contribution in [3.05, 3.63) is 69.2 Å². The number of nitro groups is 1. The van der Waals surface area contributed by atoms with Gasteiger partial charge in [0.15, 0.2) is 5.78 Å². The van der Waals surface area contributed by atoms with E-state index in [-0.39, 0.29) is 35.3 Å². The van der Waals surface area contributed by atoms with Crippen LogP contribution in [0.4, 0.5) is 5.69 Å². The fourth-order valence-corrected chi connectivity index (χ4v) is 1.91. The van der Waals surface area contributed by atoms with Crippen molar-refractivity contribution in [3.8, 4) is 5.75 Å². The maximum absolute atomic E-state index is 11.9. The number of Topliss-reactive ketones (excluding diaryl/α,β-unsaturated/α-hetero) is 1. The molecule has 0 spiro atoms. The molecule has 6 heteroatoms. The summed E-state index contributed by atoms with van der Waals surface area (Å²) in [5.41, 5.74) is 0.495. The first-order valence-electron chi connectivity index (χ1n) is 6.23. The van der Waals surface area contributed by atoms with Gasteiger partial charge in [0.1, 0.15) is 5.75 Å². The smallest absolute Gasteiger partial charge is 0.273 e. The molecule has 2 aromatic rings. The van der Waals surface area contributed by atoms with Crippen molar-refractivity contribution in [2.24, 2.45) is 0 Å². The first kappa shape index (κ1) is 15.0. The van der Waals surface area contributed by atoms with E-state index in [0.717, 1.165) is 0 Å². The van der Waals surface area contributed by atoms with Crippen LogP contribution in [0.1, 0.15) is 16.8 Å². The first-order chi connectivity index (χ1) is 10.1. The van der Waals surface area contributed by atoms with Crippen LogP contribution in [-0.4, -0.2) is 17.3 Å². The molecule has 21 heavy (non-hydrogen) atoms. The van der Waals surface area contributed by atoms with Crippen molar-refractivity contribution in [3.63, 3.8) is 0 Å². The maximum atomic E-state index is 11.9. The molecule has 0 N–H and O–H groups in total. The number of hydrogen-bond acceptors (Lipinski definition) is 4. The van der Waals surface area contributed by atoms with Crippen LogP contribution in [0.3, 0.4) is 0 Å². The summed E-state index contributed by atoms with van der Waals surface area (Å²) in [5, 5.41) is 11.0. The van der Waals surface area contributed by atoms with Crippen LogP contribution in [0.15, 0.2) is 48.5 Å². The van der Waals surface area contributed by atoms with Gasteiger partial charge >= 0.3 is 0 Å². The molecular formula is C15H12ClNO4. The summed E-state index contributed by atoms with van der Waals surface area (Å²) in [6.45, 7) is 0.106. The Morgan fingerprint density at radius 3 is 2.57 bits per heavy atom. The topological polar surface area (TPSA) is 69.4 Å². The van der Waals surface area contributed by atoms with Gasteiger partial charge in [-0.15, -0.1) is 0 Å². The zero-order chi connectivity index (χ0) is 15.2. The van der Waals surface area contributed by atoms with Gasteiger partial charge in [-0.05, 0) is 6.07 Å². The average Bonchev–Trinajstić information content (AvgIpc) is 2.49. The minimum atomic E-state index is -0.529. The highest BCUT2D eigenvalue weighted by Gasteiger charge is 2.11. The van der Waals surface area contributed by atoms with Crippen LogP contribution >= 0.6 is 11.6 Å². The van der Waals surface area contributed by atoms with Gasteiger partial charge in [0.05, 0.1) is 22.6 Å². The van der Waals surface area contributed by atoms with Crippen LogP contribution in [-0.2, 0) is 0 Å². The molecule has 2 aromatic carbocycles. The molecule has 0 aliphatic rings. The molecule has 0 saturated carbocycles.